The highest BCUT2D eigenvalue weighted by atomic mass is 127. The second kappa shape index (κ2) is 9.91. The lowest BCUT2D eigenvalue weighted by atomic mass is 10.2. The molecule has 3 amide bonds. The van der Waals surface area contributed by atoms with E-state index in [1.165, 1.54) is 0 Å². The molecule has 0 aliphatic rings. The molecule has 0 heterocycles. The average molecular weight is 465 g/mol. The first kappa shape index (κ1) is 19.9. The highest BCUT2D eigenvalue weighted by molar-refractivity contribution is 14.1. The smallest absolute Gasteiger partial charge is 0.269 e. The van der Waals surface area contributed by atoms with E-state index in [9.17, 15) is 14.4 Å². The number of benzene rings is 2. The van der Waals surface area contributed by atoms with E-state index >= 15 is 0 Å². The van der Waals surface area contributed by atoms with Crippen LogP contribution >= 0.6 is 22.6 Å². The van der Waals surface area contributed by atoms with E-state index in [0.717, 1.165) is 16.4 Å². The first-order valence-corrected chi connectivity index (χ1v) is 9.33. The molecule has 0 aromatic heterocycles. The normalized spacial score (nSPS) is 10.1. The summed E-state index contributed by atoms with van der Waals surface area (Å²) in [7, 11) is 0. The lowest BCUT2D eigenvalue weighted by Crippen LogP contribution is -2.41. The topological polar surface area (TPSA) is 87.3 Å². The Balaban J connectivity index is 1.87. The lowest BCUT2D eigenvalue weighted by Gasteiger charge is -2.09. The van der Waals surface area contributed by atoms with E-state index in [0.29, 0.717) is 23.2 Å². The summed E-state index contributed by atoms with van der Waals surface area (Å²) in [4.78, 5) is 35.8. The van der Waals surface area contributed by atoms with Gasteiger partial charge in [0.2, 0.25) is 5.91 Å². The molecule has 0 fully saturated rings. The van der Waals surface area contributed by atoms with Crippen molar-refractivity contribution in [3.63, 3.8) is 0 Å². The predicted molar refractivity (Wildman–Crippen MR) is 109 cm³/mol. The van der Waals surface area contributed by atoms with Crippen molar-refractivity contribution in [2.24, 2.45) is 0 Å². The van der Waals surface area contributed by atoms with E-state index in [-0.39, 0.29) is 5.91 Å². The number of carbonyl (C=O) groups excluding carboxylic acids is 3. The third kappa shape index (κ3) is 6.14. The van der Waals surface area contributed by atoms with E-state index in [2.05, 4.69) is 38.8 Å². The van der Waals surface area contributed by atoms with Crippen molar-refractivity contribution in [3.8, 4) is 0 Å². The van der Waals surface area contributed by atoms with Gasteiger partial charge in [-0.25, -0.2) is 0 Å². The van der Waals surface area contributed by atoms with Gasteiger partial charge >= 0.3 is 0 Å². The van der Waals surface area contributed by atoms with Gasteiger partial charge in [-0.2, -0.15) is 0 Å². The molecular formula is C19H20IN3O3. The summed E-state index contributed by atoms with van der Waals surface area (Å²) >= 11 is 2.11. The Labute approximate surface area is 165 Å². The van der Waals surface area contributed by atoms with Crippen molar-refractivity contribution >= 4 is 46.0 Å². The third-order valence-corrected chi connectivity index (χ3v) is 4.24. The number of anilines is 1. The first-order valence-electron chi connectivity index (χ1n) is 8.25. The average Bonchev–Trinajstić information content (AvgIpc) is 2.64. The highest BCUT2D eigenvalue weighted by Crippen LogP contribution is 2.11. The largest absolute Gasteiger partial charge is 0.326 e. The maximum Gasteiger partial charge on any atom is 0.269 e. The van der Waals surface area contributed by atoms with Crippen molar-refractivity contribution < 1.29 is 14.4 Å². The molecule has 0 atom stereocenters. The second-order valence-corrected chi connectivity index (χ2v) is 6.89. The fourth-order valence-electron chi connectivity index (χ4n) is 2.15. The number of hydrogen-bond donors (Lipinski definition) is 3. The van der Waals surface area contributed by atoms with E-state index in [1.807, 2.05) is 13.0 Å². The number of hydrogen-bond acceptors (Lipinski definition) is 3. The number of amides is 3. The maximum atomic E-state index is 12.1. The van der Waals surface area contributed by atoms with Crippen LogP contribution < -0.4 is 16.2 Å². The molecule has 0 saturated carbocycles. The van der Waals surface area contributed by atoms with Crippen molar-refractivity contribution in [1.82, 2.24) is 10.9 Å². The van der Waals surface area contributed by atoms with E-state index in [4.69, 9.17) is 0 Å². The van der Waals surface area contributed by atoms with Crippen LogP contribution in [0, 0.1) is 3.57 Å². The van der Waals surface area contributed by atoms with Crippen LogP contribution in [0.1, 0.15) is 46.9 Å². The molecule has 0 aliphatic carbocycles. The van der Waals surface area contributed by atoms with Crippen LogP contribution in [0.25, 0.3) is 0 Å². The predicted octanol–water partition coefficient (Wildman–Crippen LogP) is 3.49. The Kier molecular flexibility index (Phi) is 7.58. The fraction of sp³-hybridized carbons (Fsp3) is 0.211. The minimum atomic E-state index is -0.437. The summed E-state index contributed by atoms with van der Waals surface area (Å²) in [6.07, 6.45) is 2.27. The minimum absolute atomic E-state index is 0.0474. The van der Waals surface area contributed by atoms with Gasteiger partial charge < -0.3 is 5.32 Å². The van der Waals surface area contributed by atoms with Crippen molar-refractivity contribution in [3.05, 3.63) is 63.2 Å². The molecule has 2 aromatic rings. The van der Waals surface area contributed by atoms with Crippen molar-refractivity contribution in [2.45, 2.75) is 26.2 Å². The molecular weight excluding hydrogens is 445 g/mol. The van der Waals surface area contributed by atoms with Crippen LogP contribution in [0.5, 0.6) is 0 Å². The van der Waals surface area contributed by atoms with E-state index in [1.54, 1.807) is 42.5 Å². The first-order chi connectivity index (χ1) is 12.5. The number of rotatable bonds is 6. The van der Waals surface area contributed by atoms with Gasteiger partial charge in [0, 0.05) is 26.8 Å². The number of nitrogens with one attached hydrogen (secondary N) is 3. The van der Waals surface area contributed by atoms with Crippen LogP contribution in [0.2, 0.25) is 0 Å². The summed E-state index contributed by atoms with van der Waals surface area (Å²) in [5, 5.41) is 2.78. The Morgan fingerprint density at radius 1 is 0.923 bits per heavy atom. The SMILES string of the molecule is CCCCC(=O)Nc1ccc(C(=O)NNC(=O)c2cccc(I)c2)cc1. The monoisotopic (exact) mass is 465 g/mol. The number of hydrazine groups is 1. The molecule has 2 rings (SSSR count). The van der Waals surface area contributed by atoms with Crippen LogP contribution in [0.3, 0.4) is 0 Å². The van der Waals surface area contributed by atoms with Gasteiger partial charge in [0.15, 0.2) is 0 Å². The standard InChI is InChI=1S/C19H20IN3O3/c1-2-3-7-17(24)21-16-10-8-13(9-11-16)18(25)22-23-19(26)14-5-4-6-15(20)12-14/h4-6,8-12H,2-3,7H2,1H3,(H,21,24)(H,22,25)(H,23,26). The molecule has 0 aliphatic heterocycles. The molecule has 0 saturated heterocycles. The molecule has 0 bridgehead atoms. The Hall–Kier alpha value is -2.42. The van der Waals surface area contributed by atoms with Crippen LogP contribution in [-0.4, -0.2) is 17.7 Å². The van der Waals surface area contributed by atoms with Gasteiger partial charge in [-0.1, -0.05) is 19.4 Å². The molecule has 0 unspecified atom stereocenters. The number of halogens is 1. The van der Waals surface area contributed by atoms with Crippen LogP contribution in [0.4, 0.5) is 5.69 Å². The molecule has 2 aromatic carbocycles. The molecule has 3 N–H and O–H groups in total. The van der Waals surface area contributed by atoms with Gasteiger partial charge in [-0.05, 0) is 71.5 Å². The zero-order chi connectivity index (χ0) is 18.9. The van der Waals surface area contributed by atoms with Crippen molar-refractivity contribution in [1.29, 1.82) is 0 Å². The highest BCUT2D eigenvalue weighted by Gasteiger charge is 2.10. The minimum Gasteiger partial charge on any atom is -0.326 e. The Bertz CT molecular complexity index is 791. The fourth-order valence-corrected chi connectivity index (χ4v) is 2.70. The summed E-state index contributed by atoms with van der Waals surface area (Å²) in [6, 6.07) is 13.5. The van der Waals surface area contributed by atoms with Gasteiger partial charge in [-0.15, -0.1) is 0 Å². The third-order valence-electron chi connectivity index (χ3n) is 3.56. The summed E-state index contributed by atoms with van der Waals surface area (Å²) in [5.41, 5.74) is 6.22. The molecule has 0 radical (unpaired) electrons. The van der Waals surface area contributed by atoms with Gasteiger partial charge in [-0.3, -0.25) is 25.2 Å². The van der Waals surface area contributed by atoms with Gasteiger partial charge in [0.05, 0.1) is 0 Å². The zero-order valence-corrected chi connectivity index (χ0v) is 16.5. The van der Waals surface area contributed by atoms with Crippen molar-refractivity contribution in [2.75, 3.05) is 5.32 Å². The zero-order valence-electron chi connectivity index (χ0n) is 14.3. The molecule has 26 heavy (non-hydrogen) atoms. The molecule has 136 valence electrons. The second-order valence-electron chi connectivity index (χ2n) is 5.65. The van der Waals surface area contributed by atoms with Gasteiger partial charge in [0.25, 0.3) is 11.8 Å². The number of carbonyl (C=O) groups is 3. The van der Waals surface area contributed by atoms with Crippen LogP contribution in [-0.2, 0) is 4.79 Å². The van der Waals surface area contributed by atoms with Gasteiger partial charge in [0.1, 0.15) is 0 Å². The lowest BCUT2D eigenvalue weighted by molar-refractivity contribution is -0.116. The van der Waals surface area contributed by atoms with Crippen LogP contribution in [0.15, 0.2) is 48.5 Å². The summed E-state index contributed by atoms with van der Waals surface area (Å²) in [5.74, 6) is -0.877. The molecule has 6 nitrogen and oxygen atoms in total. The Morgan fingerprint density at radius 3 is 2.19 bits per heavy atom. The number of unbranched alkanes of at least 4 members (excludes halogenated alkanes) is 1. The quantitative estimate of drug-likeness (QED) is 0.451. The summed E-state index contributed by atoms with van der Waals surface area (Å²) < 4.78 is 0.929. The van der Waals surface area contributed by atoms with E-state index < -0.39 is 11.8 Å². The Morgan fingerprint density at radius 2 is 1.58 bits per heavy atom. The molecule has 7 heteroatoms. The summed E-state index contributed by atoms with van der Waals surface area (Å²) in [6.45, 7) is 2.03. The molecule has 0 spiro atoms. The maximum absolute atomic E-state index is 12.1.